The van der Waals surface area contributed by atoms with Gasteiger partial charge in [0.15, 0.2) is 0 Å². The zero-order valence-corrected chi connectivity index (χ0v) is 14.6. The van der Waals surface area contributed by atoms with E-state index in [1.807, 2.05) is 54.6 Å². The Morgan fingerprint density at radius 2 is 1.70 bits per heavy atom. The lowest BCUT2D eigenvalue weighted by molar-refractivity contribution is -0.123. The smallest absolute Gasteiger partial charge is 0.230 e. The molecule has 23 heavy (non-hydrogen) atoms. The molecule has 0 saturated heterocycles. The maximum absolute atomic E-state index is 12.5. The molecule has 2 aromatic carbocycles. The van der Waals surface area contributed by atoms with E-state index in [1.54, 1.807) is 0 Å². The van der Waals surface area contributed by atoms with E-state index in [9.17, 15) is 4.79 Å². The zero-order valence-electron chi connectivity index (χ0n) is 13.0. The number of anilines is 1. The molecule has 0 unspecified atom stereocenters. The summed E-state index contributed by atoms with van der Waals surface area (Å²) in [4.78, 5) is 12.5. The monoisotopic (exact) mass is 372 g/mol. The molecule has 0 aliphatic heterocycles. The molecule has 2 N–H and O–H groups in total. The van der Waals surface area contributed by atoms with Crippen LogP contribution in [0.3, 0.4) is 0 Å². The molecular weight excluding hydrogens is 352 g/mol. The Morgan fingerprint density at radius 3 is 2.35 bits per heavy atom. The normalized spacial score (nSPS) is 15.0. The van der Waals surface area contributed by atoms with E-state index < -0.39 is 0 Å². The Kier molecular flexibility index (Phi) is 5.01. The summed E-state index contributed by atoms with van der Waals surface area (Å²) in [6, 6.07) is 18.2. The summed E-state index contributed by atoms with van der Waals surface area (Å²) in [7, 11) is 0. The van der Waals surface area contributed by atoms with Crippen molar-refractivity contribution < 1.29 is 4.79 Å². The molecule has 0 bridgehead atoms. The molecule has 120 valence electrons. The highest BCUT2D eigenvalue weighted by atomic mass is 79.9. The molecule has 1 aliphatic carbocycles. The fourth-order valence-corrected chi connectivity index (χ4v) is 3.05. The molecule has 1 fully saturated rings. The summed E-state index contributed by atoms with van der Waals surface area (Å²) < 4.78 is 1.05. The molecule has 2 aromatic rings. The van der Waals surface area contributed by atoms with Gasteiger partial charge in [-0.1, -0.05) is 46.3 Å². The van der Waals surface area contributed by atoms with Gasteiger partial charge in [0.05, 0.1) is 5.41 Å². The van der Waals surface area contributed by atoms with Crippen molar-refractivity contribution in [2.75, 3.05) is 18.4 Å². The summed E-state index contributed by atoms with van der Waals surface area (Å²) in [5.74, 6) is 0.166. The Morgan fingerprint density at radius 1 is 1.00 bits per heavy atom. The van der Waals surface area contributed by atoms with Crippen molar-refractivity contribution in [2.45, 2.75) is 24.7 Å². The Labute approximate surface area is 145 Å². The van der Waals surface area contributed by atoms with Gasteiger partial charge in [-0.05, 0) is 49.1 Å². The van der Waals surface area contributed by atoms with Crippen molar-refractivity contribution in [3.8, 4) is 0 Å². The summed E-state index contributed by atoms with van der Waals surface area (Å²) in [6.07, 6.45) is 2.81. The minimum atomic E-state index is -0.284. The lowest BCUT2D eigenvalue weighted by Crippen LogP contribution is -2.35. The van der Waals surface area contributed by atoms with E-state index in [1.165, 1.54) is 0 Å². The van der Waals surface area contributed by atoms with Crippen LogP contribution in [-0.2, 0) is 10.2 Å². The lowest BCUT2D eigenvalue weighted by atomic mass is 9.95. The number of rotatable bonds is 7. The Hall–Kier alpha value is -1.81. The van der Waals surface area contributed by atoms with E-state index in [0.29, 0.717) is 6.54 Å². The van der Waals surface area contributed by atoms with Gasteiger partial charge in [-0.15, -0.1) is 0 Å². The molecule has 3 rings (SSSR count). The molecule has 0 atom stereocenters. The molecule has 0 radical (unpaired) electrons. The van der Waals surface area contributed by atoms with Gasteiger partial charge in [0.2, 0.25) is 5.91 Å². The van der Waals surface area contributed by atoms with Gasteiger partial charge >= 0.3 is 0 Å². The Balaban J connectivity index is 1.43. The molecule has 3 nitrogen and oxygen atoms in total. The van der Waals surface area contributed by atoms with Gasteiger partial charge in [-0.3, -0.25) is 4.79 Å². The van der Waals surface area contributed by atoms with Crippen LogP contribution in [0, 0.1) is 0 Å². The number of nitrogens with one attached hydrogen (secondary N) is 2. The second-order valence-electron chi connectivity index (χ2n) is 5.99. The minimum absolute atomic E-state index is 0.166. The van der Waals surface area contributed by atoms with Crippen LogP contribution >= 0.6 is 15.9 Å². The third kappa shape index (κ3) is 3.94. The molecule has 1 amide bonds. The maximum atomic E-state index is 12.5. The average molecular weight is 373 g/mol. The van der Waals surface area contributed by atoms with Crippen molar-refractivity contribution in [2.24, 2.45) is 0 Å². The molecule has 0 spiro atoms. The molecular formula is C19H21BrN2O. The number of hydrogen-bond donors (Lipinski definition) is 2. The van der Waals surface area contributed by atoms with E-state index in [-0.39, 0.29) is 11.3 Å². The van der Waals surface area contributed by atoms with E-state index in [0.717, 1.165) is 41.5 Å². The number of hydrogen-bond acceptors (Lipinski definition) is 2. The van der Waals surface area contributed by atoms with E-state index in [2.05, 4.69) is 26.6 Å². The average Bonchev–Trinajstić information content (AvgIpc) is 3.38. The van der Waals surface area contributed by atoms with Crippen LogP contribution < -0.4 is 10.6 Å². The zero-order chi connectivity index (χ0) is 16.1. The maximum Gasteiger partial charge on any atom is 0.230 e. The van der Waals surface area contributed by atoms with Gasteiger partial charge < -0.3 is 10.6 Å². The van der Waals surface area contributed by atoms with Gasteiger partial charge in [0, 0.05) is 23.2 Å². The number of amides is 1. The summed E-state index contributed by atoms with van der Waals surface area (Å²) >= 11 is 3.44. The number of carbonyl (C=O) groups excluding carboxylic acids is 1. The van der Waals surface area contributed by atoms with Crippen LogP contribution in [0.1, 0.15) is 24.8 Å². The van der Waals surface area contributed by atoms with Crippen LogP contribution in [0.2, 0.25) is 0 Å². The van der Waals surface area contributed by atoms with Crippen LogP contribution in [0.25, 0.3) is 0 Å². The molecule has 1 saturated carbocycles. The first-order valence-electron chi connectivity index (χ1n) is 8.04. The largest absolute Gasteiger partial charge is 0.385 e. The summed E-state index contributed by atoms with van der Waals surface area (Å²) in [5.41, 5.74) is 1.96. The third-order valence-electron chi connectivity index (χ3n) is 4.32. The first-order valence-corrected chi connectivity index (χ1v) is 8.83. The van der Waals surface area contributed by atoms with Crippen LogP contribution in [0.4, 0.5) is 5.69 Å². The predicted molar refractivity (Wildman–Crippen MR) is 97.6 cm³/mol. The van der Waals surface area contributed by atoms with Gasteiger partial charge in [-0.2, -0.15) is 0 Å². The van der Waals surface area contributed by atoms with Crippen molar-refractivity contribution in [1.82, 2.24) is 5.32 Å². The summed E-state index contributed by atoms with van der Waals surface area (Å²) in [6.45, 7) is 1.56. The van der Waals surface area contributed by atoms with Crippen molar-refractivity contribution in [3.63, 3.8) is 0 Å². The fraction of sp³-hybridized carbons (Fsp3) is 0.316. The minimum Gasteiger partial charge on any atom is -0.385 e. The standard InChI is InChI=1S/C19H21BrN2O/c20-16-9-7-15(8-10-16)19(11-12-19)18(23)22-14-4-13-21-17-5-2-1-3-6-17/h1-3,5-10,21H,4,11-14H2,(H,22,23). The summed E-state index contributed by atoms with van der Waals surface area (Å²) in [5, 5.41) is 6.45. The first-order chi connectivity index (χ1) is 11.2. The Bertz CT molecular complexity index is 651. The van der Waals surface area contributed by atoms with Crippen molar-refractivity contribution in [1.29, 1.82) is 0 Å². The fourth-order valence-electron chi connectivity index (χ4n) is 2.79. The second-order valence-corrected chi connectivity index (χ2v) is 6.91. The number of para-hydroxylation sites is 1. The SMILES string of the molecule is O=C(NCCCNc1ccccc1)C1(c2ccc(Br)cc2)CC1. The third-order valence-corrected chi connectivity index (χ3v) is 4.85. The lowest BCUT2D eigenvalue weighted by Gasteiger charge is -2.16. The van der Waals surface area contributed by atoms with E-state index in [4.69, 9.17) is 0 Å². The second kappa shape index (κ2) is 7.18. The van der Waals surface area contributed by atoms with Gasteiger partial charge in [-0.25, -0.2) is 0 Å². The predicted octanol–water partition coefficient (Wildman–Crippen LogP) is 4.10. The van der Waals surface area contributed by atoms with Crippen LogP contribution in [0.15, 0.2) is 59.1 Å². The van der Waals surface area contributed by atoms with Crippen molar-refractivity contribution >= 4 is 27.5 Å². The molecule has 4 heteroatoms. The van der Waals surface area contributed by atoms with E-state index >= 15 is 0 Å². The highest BCUT2D eigenvalue weighted by Crippen LogP contribution is 2.48. The number of benzene rings is 2. The molecule has 0 aromatic heterocycles. The first kappa shape index (κ1) is 16.1. The van der Waals surface area contributed by atoms with Crippen LogP contribution in [0.5, 0.6) is 0 Å². The highest BCUT2D eigenvalue weighted by Gasteiger charge is 2.50. The molecule has 0 heterocycles. The topological polar surface area (TPSA) is 41.1 Å². The highest BCUT2D eigenvalue weighted by molar-refractivity contribution is 9.10. The number of carbonyl (C=O) groups is 1. The molecule has 1 aliphatic rings. The van der Waals surface area contributed by atoms with Crippen molar-refractivity contribution in [3.05, 3.63) is 64.6 Å². The number of halogens is 1. The quantitative estimate of drug-likeness (QED) is 0.718. The van der Waals surface area contributed by atoms with Gasteiger partial charge in [0.1, 0.15) is 0 Å². The van der Waals surface area contributed by atoms with Crippen LogP contribution in [-0.4, -0.2) is 19.0 Å². The van der Waals surface area contributed by atoms with Gasteiger partial charge in [0.25, 0.3) is 0 Å².